The smallest absolute Gasteiger partial charge is 0.238 e. The molecule has 2 aromatic rings. The molecule has 0 spiro atoms. The van der Waals surface area contributed by atoms with Gasteiger partial charge in [0.1, 0.15) is 0 Å². The predicted molar refractivity (Wildman–Crippen MR) is 116 cm³/mol. The number of nitrogens with one attached hydrogen (secondary N) is 1. The first-order valence-electron chi connectivity index (χ1n) is 10.4. The number of hydrogen-bond acceptors (Lipinski definition) is 3. The van der Waals surface area contributed by atoms with Crippen molar-refractivity contribution in [3.63, 3.8) is 0 Å². The van der Waals surface area contributed by atoms with E-state index in [0.717, 1.165) is 18.8 Å². The molecule has 150 valence electrons. The molecule has 1 N–H and O–H groups in total. The molecule has 3 rings (SSSR count). The highest BCUT2D eigenvalue weighted by atomic mass is 16.2. The van der Waals surface area contributed by atoms with Gasteiger partial charge in [0.2, 0.25) is 5.91 Å². The number of carbonyl (C=O) groups excluding carboxylic acids is 1. The van der Waals surface area contributed by atoms with Crippen LogP contribution < -0.4 is 5.32 Å². The van der Waals surface area contributed by atoms with Gasteiger partial charge in [-0.2, -0.15) is 0 Å². The van der Waals surface area contributed by atoms with Crippen molar-refractivity contribution in [3.8, 4) is 0 Å². The third-order valence-electron chi connectivity index (χ3n) is 5.35. The average molecular weight is 380 g/mol. The molecule has 1 heterocycles. The van der Waals surface area contributed by atoms with E-state index in [1.807, 2.05) is 24.1 Å². The van der Waals surface area contributed by atoms with E-state index in [4.69, 9.17) is 0 Å². The Balaban J connectivity index is 1.45. The van der Waals surface area contributed by atoms with Gasteiger partial charge in [-0.15, -0.1) is 0 Å². The van der Waals surface area contributed by atoms with Crippen molar-refractivity contribution in [1.29, 1.82) is 0 Å². The highest BCUT2D eigenvalue weighted by molar-refractivity contribution is 5.92. The Labute approximate surface area is 169 Å². The fourth-order valence-electron chi connectivity index (χ4n) is 3.71. The number of hydrogen-bond donors (Lipinski definition) is 1. The summed E-state index contributed by atoms with van der Waals surface area (Å²) >= 11 is 0. The van der Waals surface area contributed by atoms with Gasteiger partial charge in [0.25, 0.3) is 0 Å². The van der Waals surface area contributed by atoms with Crippen LogP contribution >= 0.6 is 0 Å². The van der Waals surface area contributed by atoms with Crippen molar-refractivity contribution in [2.75, 3.05) is 32.0 Å². The van der Waals surface area contributed by atoms with E-state index in [2.05, 4.69) is 60.5 Å². The molecule has 1 aliphatic heterocycles. The van der Waals surface area contributed by atoms with Gasteiger partial charge in [-0.1, -0.05) is 50.2 Å². The van der Waals surface area contributed by atoms with Gasteiger partial charge >= 0.3 is 0 Å². The van der Waals surface area contributed by atoms with Crippen LogP contribution in [0.1, 0.15) is 49.3 Å². The summed E-state index contributed by atoms with van der Waals surface area (Å²) in [6.07, 6.45) is 2.62. The van der Waals surface area contributed by atoms with Crippen LogP contribution in [-0.2, 0) is 17.9 Å². The summed E-state index contributed by atoms with van der Waals surface area (Å²) in [5, 5.41) is 3.01. The Morgan fingerprint density at radius 1 is 1.00 bits per heavy atom. The molecular formula is C24H33N3O. The summed E-state index contributed by atoms with van der Waals surface area (Å²) in [4.78, 5) is 16.9. The molecule has 0 unspecified atom stereocenters. The zero-order valence-electron chi connectivity index (χ0n) is 17.4. The van der Waals surface area contributed by atoms with Crippen LogP contribution in [0.4, 0.5) is 5.69 Å². The van der Waals surface area contributed by atoms with Crippen molar-refractivity contribution >= 4 is 11.6 Å². The van der Waals surface area contributed by atoms with Crippen LogP contribution in [0.2, 0.25) is 0 Å². The number of anilines is 1. The molecule has 2 aromatic carbocycles. The van der Waals surface area contributed by atoms with E-state index < -0.39 is 0 Å². The average Bonchev–Trinajstić information content (AvgIpc) is 3.16. The maximum absolute atomic E-state index is 12.4. The largest absolute Gasteiger partial charge is 0.325 e. The van der Waals surface area contributed by atoms with Gasteiger partial charge in [-0.25, -0.2) is 0 Å². The summed E-state index contributed by atoms with van der Waals surface area (Å²) in [5.41, 5.74) is 4.75. The van der Waals surface area contributed by atoms with Gasteiger partial charge < -0.3 is 5.32 Å². The summed E-state index contributed by atoms with van der Waals surface area (Å²) in [6.45, 7) is 8.94. The predicted octanol–water partition coefficient (Wildman–Crippen LogP) is 4.48. The molecule has 0 radical (unpaired) electrons. The lowest BCUT2D eigenvalue weighted by atomic mass is 10.0. The molecule has 0 aliphatic carbocycles. The van der Waals surface area contributed by atoms with Crippen molar-refractivity contribution < 1.29 is 4.79 Å². The van der Waals surface area contributed by atoms with Gasteiger partial charge in [-0.3, -0.25) is 14.6 Å². The third-order valence-corrected chi connectivity index (χ3v) is 5.35. The maximum atomic E-state index is 12.4. The SMILES string of the molecule is CC(C)c1ccc(CN(C)CC(=O)Nc2ccc(CN3CCCC3)cc2)cc1. The van der Waals surface area contributed by atoms with Gasteiger partial charge in [0.05, 0.1) is 6.54 Å². The molecule has 0 bridgehead atoms. The first-order valence-corrected chi connectivity index (χ1v) is 10.4. The molecule has 0 saturated carbocycles. The summed E-state index contributed by atoms with van der Waals surface area (Å²) in [6, 6.07) is 16.9. The normalized spacial score (nSPS) is 14.8. The standard InChI is InChI=1S/C24H33N3O/c1-19(2)22-10-6-20(7-11-22)16-26(3)18-24(28)25-23-12-8-21(9-13-23)17-27-14-4-5-15-27/h6-13,19H,4-5,14-18H2,1-3H3,(H,25,28). The van der Waals surface area contributed by atoms with Gasteiger partial charge in [0.15, 0.2) is 0 Å². The minimum absolute atomic E-state index is 0.0218. The zero-order chi connectivity index (χ0) is 19.9. The fraction of sp³-hybridized carbons (Fsp3) is 0.458. The number of rotatable bonds is 8. The lowest BCUT2D eigenvalue weighted by Crippen LogP contribution is -2.29. The molecule has 0 aromatic heterocycles. The van der Waals surface area contributed by atoms with Crippen molar-refractivity contribution in [1.82, 2.24) is 9.80 Å². The van der Waals surface area contributed by atoms with Gasteiger partial charge in [-0.05, 0) is 67.7 Å². The molecule has 0 atom stereocenters. The quantitative estimate of drug-likeness (QED) is 0.735. The van der Waals surface area contributed by atoms with Crippen molar-refractivity contribution in [3.05, 3.63) is 65.2 Å². The molecule has 28 heavy (non-hydrogen) atoms. The molecule has 1 saturated heterocycles. The summed E-state index contributed by atoms with van der Waals surface area (Å²) < 4.78 is 0. The van der Waals surface area contributed by atoms with E-state index in [9.17, 15) is 4.79 Å². The maximum Gasteiger partial charge on any atom is 0.238 e. The number of nitrogens with zero attached hydrogens (tertiary/aromatic N) is 2. The highest BCUT2D eigenvalue weighted by Gasteiger charge is 2.12. The number of carbonyl (C=O) groups is 1. The first-order chi connectivity index (χ1) is 13.5. The van der Waals surface area contributed by atoms with Crippen molar-refractivity contribution in [2.45, 2.75) is 45.7 Å². The Morgan fingerprint density at radius 3 is 2.21 bits per heavy atom. The Kier molecular flexibility index (Phi) is 7.24. The van der Waals surface area contributed by atoms with Crippen LogP contribution in [0, 0.1) is 0 Å². The van der Waals surface area contributed by atoms with Crippen LogP contribution in [0.3, 0.4) is 0 Å². The number of likely N-dealkylation sites (tertiary alicyclic amines) is 1. The zero-order valence-corrected chi connectivity index (χ0v) is 17.4. The van der Waals surface area contributed by atoms with Crippen LogP contribution in [0.5, 0.6) is 0 Å². The number of likely N-dealkylation sites (N-methyl/N-ethyl adjacent to an activating group) is 1. The van der Waals surface area contributed by atoms with E-state index in [1.165, 1.54) is 42.6 Å². The topological polar surface area (TPSA) is 35.6 Å². The second-order valence-electron chi connectivity index (χ2n) is 8.30. The molecule has 4 heteroatoms. The lowest BCUT2D eigenvalue weighted by molar-refractivity contribution is -0.117. The molecule has 1 fully saturated rings. The highest BCUT2D eigenvalue weighted by Crippen LogP contribution is 2.16. The molecule has 1 aliphatic rings. The summed E-state index contributed by atoms with van der Waals surface area (Å²) in [5.74, 6) is 0.563. The van der Waals surface area contributed by atoms with Gasteiger partial charge in [0, 0.05) is 18.8 Å². The third kappa shape index (κ3) is 6.18. The van der Waals surface area contributed by atoms with Crippen LogP contribution in [-0.4, -0.2) is 42.4 Å². The molecular weight excluding hydrogens is 346 g/mol. The van der Waals surface area contributed by atoms with E-state index in [1.54, 1.807) is 0 Å². The van der Waals surface area contributed by atoms with E-state index in [-0.39, 0.29) is 5.91 Å². The number of amides is 1. The Hall–Kier alpha value is -2.17. The van der Waals surface area contributed by atoms with Crippen molar-refractivity contribution in [2.24, 2.45) is 0 Å². The minimum Gasteiger partial charge on any atom is -0.325 e. The second-order valence-corrected chi connectivity index (χ2v) is 8.30. The second kappa shape index (κ2) is 9.85. The Bertz CT molecular complexity index is 746. The minimum atomic E-state index is 0.0218. The van der Waals surface area contributed by atoms with Crippen LogP contribution in [0.25, 0.3) is 0 Å². The Morgan fingerprint density at radius 2 is 1.61 bits per heavy atom. The van der Waals surface area contributed by atoms with Crippen LogP contribution in [0.15, 0.2) is 48.5 Å². The first kappa shape index (κ1) is 20.6. The monoisotopic (exact) mass is 379 g/mol. The lowest BCUT2D eigenvalue weighted by Gasteiger charge is -2.17. The molecule has 4 nitrogen and oxygen atoms in total. The molecule has 1 amide bonds. The fourth-order valence-corrected chi connectivity index (χ4v) is 3.71. The van der Waals surface area contributed by atoms with E-state index in [0.29, 0.717) is 12.5 Å². The summed E-state index contributed by atoms with van der Waals surface area (Å²) in [7, 11) is 1.98. The number of benzene rings is 2. The van der Waals surface area contributed by atoms with E-state index >= 15 is 0 Å².